The van der Waals surface area contributed by atoms with Gasteiger partial charge >= 0.3 is 5.97 Å². The summed E-state index contributed by atoms with van der Waals surface area (Å²) in [4.78, 5) is 36.9. The van der Waals surface area contributed by atoms with Crippen LogP contribution in [0.4, 0.5) is 0 Å². The summed E-state index contributed by atoms with van der Waals surface area (Å²) < 4.78 is 0. The number of benzene rings is 2. The standard InChI is InChI=1S/C22H26N2O4/c1-15(2)13-19(22(27)28)24-21(26)18(14-16-9-5-3-6-10-16)23-20(25)17-11-7-4-8-12-17/h3-12,15,18-19H,13-14H2,1-2H3,(H,23,25)(H,24,26)(H,27,28)/t18-,19+/m1/s1. The van der Waals surface area contributed by atoms with Gasteiger partial charge in [-0.15, -0.1) is 0 Å². The number of carboxylic acid groups (broad SMARTS) is 1. The van der Waals surface area contributed by atoms with Crippen molar-refractivity contribution in [3.63, 3.8) is 0 Å². The van der Waals surface area contributed by atoms with Gasteiger partial charge in [0.1, 0.15) is 12.1 Å². The lowest BCUT2D eigenvalue weighted by atomic mass is 10.0. The largest absolute Gasteiger partial charge is 0.480 e. The van der Waals surface area contributed by atoms with E-state index in [1.165, 1.54) is 0 Å². The van der Waals surface area contributed by atoms with Gasteiger partial charge < -0.3 is 15.7 Å². The van der Waals surface area contributed by atoms with E-state index in [1.54, 1.807) is 30.3 Å². The van der Waals surface area contributed by atoms with Gasteiger partial charge in [0, 0.05) is 12.0 Å². The van der Waals surface area contributed by atoms with Crippen LogP contribution >= 0.6 is 0 Å². The Morgan fingerprint density at radius 3 is 1.96 bits per heavy atom. The summed E-state index contributed by atoms with van der Waals surface area (Å²) in [5.74, 6) is -1.88. The van der Waals surface area contributed by atoms with E-state index in [0.717, 1.165) is 5.56 Å². The van der Waals surface area contributed by atoms with Gasteiger partial charge in [0.15, 0.2) is 0 Å². The second-order valence-electron chi connectivity index (χ2n) is 7.11. The topological polar surface area (TPSA) is 95.5 Å². The number of carboxylic acids is 1. The Hall–Kier alpha value is -3.15. The molecule has 2 atom stereocenters. The first-order chi connectivity index (χ1) is 13.4. The van der Waals surface area contributed by atoms with Crippen molar-refractivity contribution in [2.45, 2.75) is 38.8 Å². The van der Waals surface area contributed by atoms with Crippen molar-refractivity contribution in [3.8, 4) is 0 Å². The Morgan fingerprint density at radius 2 is 1.43 bits per heavy atom. The predicted molar refractivity (Wildman–Crippen MR) is 107 cm³/mol. The first kappa shape index (κ1) is 21.2. The van der Waals surface area contributed by atoms with Crippen molar-refractivity contribution in [2.75, 3.05) is 0 Å². The second kappa shape index (κ2) is 10.3. The average Bonchev–Trinajstić information content (AvgIpc) is 2.68. The van der Waals surface area contributed by atoms with E-state index < -0.39 is 24.0 Å². The number of aliphatic carboxylic acids is 1. The molecule has 0 aliphatic rings. The van der Waals surface area contributed by atoms with Gasteiger partial charge in [-0.2, -0.15) is 0 Å². The summed E-state index contributed by atoms with van der Waals surface area (Å²) >= 11 is 0. The fourth-order valence-corrected chi connectivity index (χ4v) is 2.86. The van der Waals surface area contributed by atoms with Crippen LogP contribution in [0.25, 0.3) is 0 Å². The van der Waals surface area contributed by atoms with E-state index in [4.69, 9.17) is 0 Å². The third kappa shape index (κ3) is 6.54. The SMILES string of the molecule is CC(C)C[C@H](NC(=O)[C@@H](Cc1ccccc1)NC(=O)c1ccccc1)C(=O)O. The molecule has 2 aromatic rings. The van der Waals surface area contributed by atoms with Crippen LogP contribution in [0.1, 0.15) is 36.2 Å². The molecular formula is C22H26N2O4. The zero-order valence-corrected chi connectivity index (χ0v) is 16.1. The quantitative estimate of drug-likeness (QED) is 0.621. The Kier molecular flexibility index (Phi) is 7.75. The average molecular weight is 382 g/mol. The summed E-state index contributed by atoms with van der Waals surface area (Å²) in [5, 5.41) is 14.7. The number of nitrogens with one attached hydrogen (secondary N) is 2. The molecule has 0 bridgehead atoms. The second-order valence-corrected chi connectivity index (χ2v) is 7.11. The minimum absolute atomic E-state index is 0.105. The Balaban J connectivity index is 2.17. The third-order valence-electron chi connectivity index (χ3n) is 4.26. The highest BCUT2D eigenvalue weighted by atomic mass is 16.4. The molecule has 0 aliphatic heterocycles. The highest BCUT2D eigenvalue weighted by molar-refractivity contribution is 5.98. The molecule has 0 heterocycles. The van der Waals surface area contributed by atoms with Crippen molar-refractivity contribution in [3.05, 3.63) is 71.8 Å². The fourth-order valence-electron chi connectivity index (χ4n) is 2.86. The number of hydrogen-bond donors (Lipinski definition) is 3. The number of hydrogen-bond acceptors (Lipinski definition) is 3. The molecule has 3 N–H and O–H groups in total. The minimum atomic E-state index is -1.09. The minimum Gasteiger partial charge on any atom is -0.480 e. The maximum atomic E-state index is 12.8. The lowest BCUT2D eigenvalue weighted by Crippen LogP contribution is -2.52. The molecule has 2 rings (SSSR count). The van der Waals surface area contributed by atoms with E-state index in [0.29, 0.717) is 12.0 Å². The van der Waals surface area contributed by atoms with Gasteiger partial charge in [0.2, 0.25) is 5.91 Å². The van der Waals surface area contributed by atoms with Gasteiger partial charge in [-0.3, -0.25) is 9.59 Å². The molecule has 0 radical (unpaired) electrons. The number of rotatable bonds is 9. The summed E-state index contributed by atoms with van der Waals surface area (Å²) in [7, 11) is 0. The van der Waals surface area contributed by atoms with Crippen LogP contribution in [0.2, 0.25) is 0 Å². The van der Waals surface area contributed by atoms with Crippen LogP contribution in [0.5, 0.6) is 0 Å². The van der Waals surface area contributed by atoms with E-state index in [1.807, 2.05) is 44.2 Å². The van der Waals surface area contributed by atoms with Crippen LogP contribution in [-0.2, 0) is 16.0 Å². The smallest absolute Gasteiger partial charge is 0.326 e. The Morgan fingerprint density at radius 1 is 0.857 bits per heavy atom. The van der Waals surface area contributed by atoms with Crippen molar-refractivity contribution in [1.82, 2.24) is 10.6 Å². The van der Waals surface area contributed by atoms with Gasteiger partial charge in [-0.05, 0) is 30.0 Å². The predicted octanol–water partition coefficient (Wildman–Crippen LogP) is 2.64. The first-order valence-electron chi connectivity index (χ1n) is 9.30. The van der Waals surface area contributed by atoms with Crippen LogP contribution < -0.4 is 10.6 Å². The molecule has 2 aromatic carbocycles. The molecule has 0 saturated carbocycles. The number of carbonyl (C=O) groups excluding carboxylic acids is 2. The van der Waals surface area contributed by atoms with Gasteiger partial charge in [0.05, 0.1) is 0 Å². The monoisotopic (exact) mass is 382 g/mol. The van der Waals surface area contributed by atoms with Gasteiger partial charge in [-0.1, -0.05) is 62.4 Å². The zero-order valence-electron chi connectivity index (χ0n) is 16.1. The summed E-state index contributed by atoms with van der Waals surface area (Å²) in [6.07, 6.45) is 0.574. The molecule has 148 valence electrons. The molecular weight excluding hydrogens is 356 g/mol. The van der Waals surface area contributed by atoms with Crippen LogP contribution in [0.15, 0.2) is 60.7 Å². The molecule has 0 aromatic heterocycles. The molecule has 0 fully saturated rings. The lowest BCUT2D eigenvalue weighted by Gasteiger charge is -2.22. The molecule has 0 unspecified atom stereocenters. The zero-order chi connectivity index (χ0) is 20.5. The van der Waals surface area contributed by atoms with Gasteiger partial charge in [-0.25, -0.2) is 4.79 Å². The van der Waals surface area contributed by atoms with E-state index >= 15 is 0 Å². The lowest BCUT2D eigenvalue weighted by molar-refractivity contribution is -0.142. The Labute approximate surface area is 165 Å². The molecule has 0 saturated heterocycles. The third-order valence-corrected chi connectivity index (χ3v) is 4.26. The van der Waals surface area contributed by atoms with Crippen LogP contribution in [-0.4, -0.2) is 35.0 Å². The van der Waals surface area contributed by atoms with Crippen LogP contribution in [0.3, 0.4) is 0 Å². The highest BCUT2D eigenvalue weighted by Crippen LogP contribution is 2.09. The first-order valence-corrected chi connectivity index (χ1v) is 9.30. The highest BCUT2D eigenvalue weighted by Gasteiger charge is 2.27. The normalized spacial score (nSPS) is 12.8. The molecule has 2 amide bonds. The van der Waals surface area contributed by atoms with Crippen molar-refractivity contribution >= 4 is 17.8 Å². The van der Waals surface area contributed by atoms with Crippen molar-refractivity contribution < 1.29 is 19.5 Å². The Bertz CT molecular complexity index is 791. The fraction of sp³-hybridized carbons (Fsp3) is 0.318. The molecule has 28 heavy (non-hydrogen) atoms. The van der Waals surface area contributed by atoms with Crippen molar-refractivity contribution in [1.29, 1.82) is 0 Å². The molecule has 6 nitrogen and oxygen atoms in total. The molecule has 0 aliphatic carbocycles. The molecule has 0 spiro atoms. The van der Waals surface area contributed by atoms with E-state index in [2.05, 4.69) is 10.6 Å². The summed E-state index contributed by atoms with van der Waals surface area (Å²) in [5.41, 5.74) is 1.30. The maximum absolute atomic E-state index is 12.8. The van der Waals surface area contributed by atoms with E-state index in [-0.39, 0.29) is 18.2 Å². The number of carbonyl (C=O) groups is 3. The molecule has 6 heteroatoms. The van der Waals surface area contributed by atoms with E-state index in [9.17, 15) is 19.5 Å². The maximum Gasteiger partial charge on any atom is 0.326 e. The van der Waals surface area contributed by atoms with Crippen LogP contribution in [0, 0.1) is 5.92 Å². The number of amides is 2. The van der Waals surface area contributed by atoms with Gasteiger partial charge in [0.25, 0.3) is 5.91 Å². The summed E-state index contributed by atoms with van der Waals surface area (Å²) in [6.45, 7) is 3.78. The van der Waals surface area contributed by atoms with Crippen molar-refractivity contribution in [2.24, 2.45) is 5.92 Å². The summed E-state index contributed by atoms with van der Waals surface area (Å²) in [6, 6.07) is 16.0.